The standard InChI is InChI=1S/C15H12BrFO5S/c16-10-4-6-12(7-5-10)23(18,19)21-9-11-8-20-14-3-1-2-13(17)15(14)22-11/h1-7,11H,8-9H2/t11-/m1/s1. The molecular formula is C15H12BrFO5S. The van der Waals surface area contributed by atoms with E-state index < -0.39 is 22.0 Å². The molecule has 0 N–H and O–H groups in total. The largest absolute Gasteiger partial charge is 0.486 e. The molecule has 0 amide bonds. The number of fused-ring (bicyclic) bond motifs is 1. The minimum atomic E-state index is -3.91. The monoisotopic (exact) mass is 402 g/mol. The van der Waals surface area contributed by atoms with Crippen molar-refractivity contribution >= 4 is 26.0 Å². The summed E-state index contributed by atoms with van der Waals surface area (Å²) in [4.78, 5) is 0.0315. The van der Waals surface area contributed by atoms with Crippen LogP contribution in [0, 0.1) is 5.82 Å². The molecule has 0 unspecified atom stereocenters. The van der Waals surface area contributed by atoms with Crippen molar-refractivity contribution in [3.63, 3.8) is 0 Å². The van der Waals surface area contributed by atoms with Crippen molar-refractivity contribution in [2.45, 2.75) is 11.0 Å². The van der Waals surface area contributed by atoms with Crippen molar-refractivity contribution in [2.75, 3.05) is 13.2 Å². The van der Waals surface area contributed by atoms with Gasteiger partial charge in [0.2, 0.25) is 0 Å². The van der Waals surface area contributed by atoms with Crippen LogP contribution < -0.4 is 9.47 Å². The molecule has 0 bridgehead atoms. The van der Waals surface area contributed by atoms with Crippen LogP contribution in [0.5, 0.6) is 11.5 Å². The molecular weight excluding hydrogens is 391 g/mol. The van der Waals surface area contributed by atoms with Gasteiger partial charge in [-0.15, -0.1) is 0 Å². The van der Waals surface area contributed by atoms with Crippen LogP contribution in [0.3, 0.4) is 0 Å². The Hall–Kier alpha value is -1.64. The Labute approximate surface area is 141 Å². The summed E-state index contributed by atoms with van der Waals surface area (Å²) in [5, 5.41) is 0. The molecule has 1 aliphatic rings. The summed E-state index contributed by atoms with van der Waals surface area (Å²) in [6.45, 7) is -0.196. The van der Waals surface area contributed by atoms with E-state index in [1.165, 1.54) is 24.3 Å². The maximum Gasteiger partial charge on any atom is 0.297 e. The van der Waals surface area contributed by atoms with Gasteiger partial charge < -0.3 is 9.47 Å². The Kier molecular flexibility index (Phi) is 4.56. The van der Waals surface area contributed by atoms with Crippen LogP contribution in [0.1, 0.15) is 0 Å². The molecule has 5 nitrogen and oxygen atoms in total. The van der Waals surface area contributed by atoms with Crippen LogP contribution in [0.4, 0.5) is 4.39 Å². The predicted molar refractivity (Wildman–Crippen MR) is 83.6 cm³/mol. The minimum Gasteiger partial charge on any atom is -0.486 e. The van der Waals surface area contributed by atoms with Gasteiger partial charge in [0.1, 0.15) is 13.2 Å². The van der Waals surface area contributed by atoms with Crippen LogP contribution in [-0.2, 0) is 14.3 Å². The lowest BCUT2D eigenvalue weighted by atomic mass is 10.2. The van der Waals surface area contributed by atoms with Gasteiger partial charge in [-0.1, -0.05) is 22.0 Å². The molecule has 8 heteroatoms. The van der Waals surface area contributed by atoms with Crippen molar-refractivity contribution in [3.8, 4) is 11.5 Å². The van der Waals surface area contributed by atoms with Crippen LogP contribution in [0.2, 0.25) is 0 Å². The maximum atomic E-state index is 13.7. The number of para-hydroxylation sites is 1. The first-order chi connectivity index (χ1) is 11.0. The summed E-state index contributed by atoms with van der Waals surface area (Å²) in [5.74, 6) is -0.312. The lowest BCUT2D eigenvalue weighted by Gasteiger charge is -2.26. The van der Waals surface area contributed by atoms with Crippen molar-refractivity contribution in [2.24, 2.45) is 0 Å². The Morgan fingerprint density at radius 1 is 1.22 bits per heavy atom. The van der Waals surface area contributed by atoms with E-state index >= 15 is 0 Å². The van der Waals surface area contributed by atoms with E-state index in [0.717, 1.165) is 4.47 Å². The average molecular weight is 403 g/mol. The van der Waals surface area contributed by atoms with Gasteiger partial charge >= 0.3 is 0 Å². The SMILES string of the molecule is O=S(=O)(OC[C@H]1COc2cccc(F)c2O1)c1ccc(Br)cc1. The lowest BCUT2D eigenvalue weighted by molar-refractivity contribution is 0.0514. The Morgan fingerprint density at radius 3 is 2.70 bits per heavy atom. The van der Waals surface area contributed by atoms with Crippen LogP contribution in [0.15, 0.2) is 51.8 Å². The summed E-state index contributed by atoms with van der Waals surface area (Å²) in [6, 6.07) is 10.4. The zero-order valence-electron chi connectivity index (χ0n) is 11.7. The number of hydrogen-bond donors (Lipinski definition) is 0. The van der Waals surface area contributed by atoms with E-state index in [2.05, 4.69) is 15.9 Å². The molecule has 122 valence electrons. The number of halogens is 2. The molecule has 1 aliphatic heterocycles. The summed E-state index contributed by atoms with van der Waals surface area (Å²) >= 11 is 3.23. The molecule has 3 rings (SSSR count). The number of rotatable bonds is 4. The summed E-state index contributed by atoms with van der Waals surface area (Å²) < 4.78 is 54.3. The average Bonchev–Trinajstić information content (AvgIpc) is 2.54. The molecule has 2 aromatic carbocycles. The van der Waals surface area contributed by atoms with Crippen LogP contribution in [0.25, 0.3) is 0 Å². The highest BCUT2D eigenvalue weighted by molar-refractivity contribution is 9.10. The summed E-state index contributed by atoms with van der Waals surface area (Å²) in [5.41, 5.74) is 0. The number of ether oxygens (including phenoxy) is 2. The van der Waals surface area contributed by atoms with Gasteiger partial charge in [0.25, 0.3) is 10.1 Å². The first kappa shape index (κ1) is 16.2. The molecule has 0 saturated carbocycles. The van der Waals surface area contributed by atoms with Crippen LogP contribution >= 0.6 is 15.9 Å². The fourth-order valence-corrected chi connectivity index (χ4v) is 3.22. The smallest absolute Gasteiger partial charge is 0.297 e. The molecule has 0 saturated heterocycles. The van der Waals surface area contributed by atoms with E-state index in [4.69, 9.17) is 13.7 Å². The first-order valence-electron chi connectivity index (χ1n) is 6.69. The van der Waals surface area contributed by atoms with Crippen molar-refractivity contribution in [1.82, 2.24) is 0 Å². The summed E-state index contributed by atoms with van der Waals surface area (Å²) in [7, 11) is -3.91. The number of benzene rings is 2. The third-order valence-electron chi connectivity index (χ3n) is 3.15. The van der Waals surface area contributed by atoms with E-state index in [0.29, 0.717) is 0 Å². The van der Waals surface area contributed by atoms with Gasteiger partial charge in [0.15, 0.2) is 23.4 Å². The van der Waals surface area contributed by atoms with E-state index in [9.17, 15) is 12.8 Å². The Balaban J connectivity index is 1.67. The molecule has 0 aliphatic carbocycles. The van der Waals surface area contributed by atoms with Crippen molar-refractivity contribution in [3.05, 3.63) is 52.8 Å². The normalized spacial score (nSPS) is 17.0. The highest BCUT2D eigenvalue weighted by Gasteiger charge is 2.26. The molecule has 1 atom stereocenters. The van der Waals surface area contributed by atoms with Crippen molar-refractivity contribution < 1.29 is 26.5 Å². The van der Waals surface area contributed by atoms with E-state index in [1.807, 2.05) is 0 Å². The fourth-order valence-electron chi connectivity index (χ4n) is 2.02. The lowest BCUT2D eigenvalue weighted by Crippen LogP contribution is -2.34. The van der Waals surface area contributed by atoms with Gasteiger partial charge in [-0.2, -0.15) is 8.42 Å². The number of hydrogen-bond acceptors (Lipinski definition) is 5. The highest BCUT2D eigenvalue weighted by Crippen LogP contribution is 2.34. The van der Waals surface area contributed by atoms with E-state index in [1.54, 1.807) is 18.2 Å². The molecule has 0 spiro atoms. The van der Waals surface area contributed by atoms with Crippen LogP contribution in [-0.4, -0.2) is 27.7 Å². The topological polar surface area (TPSA) is 61.8 Å². The molecule has 1 heterocycles. The second kappa shape index (κ2) is 6.46. The quantitative estimate of drug-likeness (QED) is 0.735. The predicted octanol–water partition coefficient (Wildman–Crippen LogP) is 3.13. The van der Waals surface area contributed by atoms with Gasteiger partial charge in [0, 0.05) is 4.47 Å². The second-order valence-corrected chi connectivity index (χ2v) is 7.34. The molecule has 2 aromatic rings. The molecule has 0 radical (unpaired) electrons. The third kappa shape index (κ3) is 3.65. The zero-order valence-corrected chi connectivity index (χ0v) is 14.1. The Bertz CT molecular complexity index is 807. The van der Waals surface area contributed by atoms with Gasteiger partial charge in [-0.05, 0) is 36.4 Å². The first-order valence-corrected chi connectivity index (χ1v) is 8.89. The summed E-state index contributed by atoms with van der Waals surface area (Å²) in [6.07, 6.45) is -0.718. The minimum absolute atomic E-state index is 0.0315. The Morgan fingerprint density at radius 2 is 1.96 bits per heavy atom. The van der Waals surface area contributed by atoms with Crippen molar-refractivity contribution in [1.29, 1.82) is 0 Å². The van der Waals surface area contributed by atoms with Gasteiger partial charge in [-0.3, -0.25) is 4.18 Å². The van der Waals surface area contributed by atoms with E-state index in [-0.39, 0.29) is 29.6 Å². The van der Waals surface area contributed by atoms with Gasteiger partial charge in [0.05, 0.1) is 4.90 Å². The van der Waals surface area contributed by atoms with Gasteiger partial charge in [-0.25, -0.2) is 4.39 Å². The second-order valence-electron chi connectivity index (χ2n) is 4.81. The fraction of sp³-hybridized carbons (Fsp3) is 0.200. The molecule has 0 aromatic heterocycles. The highest BCUT2D eigenvalue weighted by atomic mass is 79.9. The maximum absolute atomic E-state index is 13.7. The third-order valence-corrected chi connectivity index (χ3v) is 4.98. The molecule has 23 heavy (non-hydrogen) atoms. The zero-order chi connectivity index (χ0) is 16.4. The molecule has 0 fully saturated rings.